The van der Waals surface area contributed by atoms with Crippen molar-refractivity contribution in [2.45, 2.75) is 25.3 Å². The molecule has 2 unspecified atom stereocenters. The van der Waals surface area contributed by atoms with E-state index in [-0.39, 0.29) is 11.8 Å². The summed E-state index contributed by atoms with van der Waals surface area (Å²) in [4.78, 5) is 14.2. The van der Waals surface area contributed by atoms with Gasteiger partial charge in [-0.2, -0.15) is 0 Å². The second-order valence-electron chi connectivity index (χ2n) is 5.04. The molecule has 3 nitrogen and oxygen atoms in total. The summed E-state index contributed by atoms with van der Waals surface area (Å²) in [6.07, 6.45) is 3.21. The van der Waals surface area contributed by atoms with E-state index in [9.17, 15) is 4.79 Å². The maximum Gasteiger partial charge on any atom is 0.231 e. The first-order valence-corrected chi connectivity index (χ1v) is 6.36. The Balaban J connectivity index is 1.92. The van der Waals surface area contributed by atoms with E-state index in [1.165, 1.54) is 12.0 Å². The van der Waals surface area contributed by atoms with Crippen LogP contribution in [-0.2, 0) is 11.2 Å². The highest BCUT2D eigenvalue weighted by atomic mass is 16.2. The first-order chi connectivity index (χ1) is 8.27. The van der Waals surface area contributed by atoms with Crippen LogP contribution in [0.15, 0.2) is 24.3 Å². The average molecular weight is 230 g/mol. The maximum absolute atomic E-state index is 12.4. The summed E-state index contributed by atoms with van der Waals surface area (Å²) in [6.45, 7) is 1.06. The molecule has 0 aromatic heterocycles. The molecular weight excluding hydrogens is 212 g/mol. The number of benzene rings is 1. The van der Waals surface area contributed by atoms with Crippen LogP contribution in [-0.4, -0.2) is 25.5 Å². The van der Waals surface area contributed by atoms with Crippen LogP contribution in [0, 0.1) is 5.92 Å². The molecule has 3 heteroatoms. The van der Waals surface area contributed by atoms with E-state index < -0.39 is 0 Å². The Labute approximate surface area is 102 Å². The lowest BCUT2D eigenvalue weighted by atomic mass is 9.86. The minimum Gasteiger partial charge on any atom is -0.315 e. The molecule has 1 aromatic rings. The molecule has 1 aromatic carbocycles. The molecule has 90 valence electrons. The zero-order valence-corrected chi connectivity index (χ0v) is 10.1. The largest absolute Gasteiger partial charge is 0.315 e. The molecule has 1 N–H and O–H groups in total. The molecule has 0 spiro atoms. The van der Waals surface area contributed by atoms with Crippen LogP contribution in [0.3, 0.4) is 0 Å². The quantitative estimate of drug-likeness (QED) is 0.794. The van der Waals surface area contributed by atoms with Crippen molar-refractivity contribution in [3.05, 3.63) is 29.8 Å². The molecule has 0 bridgehead atoms. The Hall–Kier alpha value is -1.35. The number of carbonyl (C=O) groups is 1. The third kappa shape index (κ3) is 1.75. The number of amides is 1. The number of anilines is 1. The van der Waals surface area contributed by atoms with Crippen LogP contribution in [0.1, 0.15) is 18.4 Å². The minimum atomic E-state index is 0.123. The second-order valence-corrected chi connectivity index (χ2v) is 5.04. The maximum atomic E-state index is 12.4. The highest BCUT2D eigenvalue weighted by molar-refractivity contribution is 5.98. The predicted octanol–water partition coefficient (Wildman–Crippen LogP) is 1.57. The zero-order valence-electron chi connectivity index (χ0n) is 10.1. The molecular formula is C14H18N2O. The smallest absolute Gasteiger partial charge is 0.231 e. The molecule has 17 heavy (non-hydrogen) atoms. The lowest BCUT2D eigenvalue weighted by Crippen LogP contribution is -2.46. The lowest BCUT2D eigenvalue weighted by molar-refractivity contribution is -0.123. The van der Waals surface area contributed by atoms with Gasteiger partial charge in [0.2, 0.25) is 5.91 Å². The molecule has 1 amide bonds. The topological polar surface area (TPSA) is 32.3 Å². The normalized spacial score (nSPS) is 28.3. The number of nitrogens with zero attached hydrogens (tertiary/aromatic N) is 1. The molecule has 0 aliphatic carbocycles. The molecule has 0 radical (unpaired) electrons. The van der Waals surface area contributed by atoms with E-state index in [4.69, 9.17) is 0 Å². The summed E-state index contributed by atoms with van der Waals surface area (Å²) < 4.78 is 0. The first kappa shape index (κ1) is 10.8. The number of hydrogen-bond donors (Lipinski definition) is 1. The summed E-state index contributed by atoms with van der Waals surface area (Å²) in [5.41, 5.74) is 2.38. The van der Waals surface area contributed by atoms with Crippen LogP contribution < -0.4 is 10.2 Å². The van der Waals surface area contributed by atoms with Crippen LogP contribution in [0.5, 0.6) is 0 Å². The van der Waals surface area contributed by atoms with Crippen molar-refractivity contribution in [1.29, 1.82) is 0 Å². The van der Waals surface area contributed by atoms with Crippen molar-refractivity contribution in [2.24, 2.45) is 5.92 Å². The average Bonchev–Trinajstić information content (AvgIpc) is 2.87. The SMILES string of the molecule is CN1C(=O)C(C2CCCN2)Cc2ccccc21. The monoisotopic (exact) mass is 230 g/mol. The van der Waals surface area contributed by atoms with E-state index in [0.29, 0.717) is 6.04 Å². The summed E-state index contributed by atoms with van der Waals surface area (Å²) in [5, 5.41) is 3.46. The highest BCUT2D eigenvalue weighted by Gasteiger charge is 2.36. The third-order valence-corrected chi connectivity index (χ3v) is 4.02. The van der Waals surface area contributed by atoms with Gasteiger partial charge in [-0.25, -0.2) is 0 Å². The molecule has 3 rings (SSSR count). The molecule has 2 heterocycles. The standard InChI is InChI=1S/C14H18N2O/c1-16-13-7-3-2-5-10(13)9-11(14(16)17)12-6-4-8-15-12/h2-3,5,7,11-12,15H,4,6,8-9H2,1H3. The molecule has 1 saturated heterocycles. The Morgan fingerprint density at radius 2 is 2.18 bits per heavy atom. The third-order valence-electron chi connectivity index (χ3n) is 4.02. The Morgan fingerprint density at radius 3 is 2.94 bits per heavy atom. The van der Waals surface area contributed by atoms with Crippen LogP contribution >= 0.6 is 0 Å². The first-order valence-electron chi connectivity index (χ1n) is 6.36. The van der Waals surface area contributed by atoms with Crippen molar-refractivity contribution in [2.75, 3.05) is 18.5 Å². The van der Waals surface area contributed by atoms with E-state index >= 15 is 0 Å². The van der Waals surface area contributed by atoms with E-state index in [2.05, 4.69) is 17.4 Å². The summed E-state index contributed by atoms with van der Waals surface area (Å²) in [6, 6.07) is 8.60. The Morgan fingerprint density at radius 1 is 1.35 bits per heavy atom. The van der Waals surface area contributed by atoms with Gasteiger partial charge in [0.15, 0.2) is 0 Å². The number of para-hydroxylation sites is 1. The lowest BCUT2D eigenvalue weighted by Gasteiger charge is -2.34. The van der Waals surface area contributed by atoms with E-state index in [1.807, 2.05) is 24.1 Å². The summed E-state index contributed by atoms with van der Waals surface area (Å²) in [7, 11) is 1.89. The van der Waals surface area contributed by atoms with Gasteiger partial charge >= 0.3 is 0 Å². The van der Waals surface area contributed by atoms with Crippen LogP contribution in [0.2, 0.25) is 0 Å². The van der Waals surface area contributed by atoms with Crippen molar-refractivity contribution in [1.82, 2.24) is 5.32 Å². The molecule has 1 fully saturated rings. The fourth-order valence-electron chi connectivity index (χ4n) is 3.07. The van der Waals surface area contributed by atoms with Gasteiger partial charge in [-0.1, -0.05) is 18.2 Å². The van der Waals surface area contributed by atoms with Gasteiger partial charge in [0.25, 0.3) is 0 Å². The van der Waals surface area contributed by atoms with Gasteiger partial charge in [-0.05, 0) is 37.4 Å². The Kier molecular flexibility index (Phi) is 2.63. The molecule has 2 aliphatic rings. The predicted molar refractivity (Wildman–Crippen MR) is 68.1 cm³/mol. The highest BCUT2D eigenvalue weighted by Crippen LogP contribution is 2.32. The number of nitrogens with one attached hydrogen (secondary N) is 1. The minimum absolute atomic E-state index is 0.123. The number of carbonyl (C=O) groups excluding carboxylic acids is 1. The second kappa shape index (κ2) is 4.15. The number of rotatable bonds is 1. The molecule has 0 saturated carbocycles. The van der Waals surface area contributed by atoms with Crippen LogP contribution in [0.4, 0.5) is 5.69 Å². The Bertz CT molecular complexity index is 438. The van der Waals surface area contributed by atoms with Crippen molar-refractivity contribution in [3.63, 3.8) is 0 Å². The number of fused-ring (bicyclic) bond motifs is 1. The molecule has 2 atom stereocenters. The van der Waals surface area contributed by atoms with E-state index in [1.54, 1.807) is 0 Å². The van der Waals surface area contributed by atoms with E-state index in [0.717, 1.165) is 25.1 Å². The van der Waals surface area contributed by atoms with Gasteiger partial charge in [-0.3, -0.25) is 4.79 Å². The van der Waals surface area contributed by atoms with Gasteiger partial charge in [0, 0.05) is 18.8 Å². The van der Waals surface area contributed by atoms with Gasteiger partial charge in [0.05, 0.1) is 5.92 Å². The number of hydrogen-bond acceptors (Lipinski definition) is 2. The van der Waals surface area contributed by atoms with Crippen molar-refractivity contribution < 1.29 is 4.79 Å². The van der Waals surface area contributed by atoms with Gasteiger partial charge in [-0.15, -0.1) is 0 Å². The van der Waals surface area contributed by atoms with Crippen molar-refractivity contribution in [3.8, 4) is 0 Å². The van der Waals surface area contributed by atoms with Gasteiger partial charge in [0.1, 0.15) is 0 Å². The fraction of sp³-hybridized carbons (Fsp3) is 0.500. The van der Waals surface area contributed by atoms with Gasteiger partial charge < -0.3 is 10.2 Å². The van der Waals surface area contributed by atoms with Crippen molar-refractivity contribution >= 4 is 11.6 Å². The summed E-state index contributed by atoms with van der Waals surface area (Å²) >= 11 is 0. The summed E-state index contributed by atoms with van der Waals surface area (Å²) in [5.74, 6) is 0.389. The van der Waals surface area contributed by atoms with Crippen LogP contribution in [0.25, 0.3) is 0 Å². The molecule has 2 aliphatic heterocycles. The zero-order chi connectivity index (χ0) is 11.8. The fourth-order valence-corrected chi connectivity index (χ4v) is 3.07.